The van der Waals surface area contributed by atoms with Gasteiger partial charge in [-0.3, -0.25) is 14.5 Å². The number of ether oxygens (including phenoxy) is 1. The van der Waals surface area contributed by atoms with Crippen LogP contribution in [0.1, 0.15) is 32.1 Å². The fourth-order valence-corrected chi connectivity index (χ4v) is 3.76. The van der Waals surface area contributed by atoms with Gasteiger partial charge in [-0.2, -0.15) is 0 Å². The van der Waals surface area contributed by atoms with Crippen molar-refractivity contribution in [3.05, 3.63) is 0 Å². The fraction of sp³-hybridized carbons (Fsp3) is 0.875. The van der Waals surface area contributed by atoms with Crippen molar-refractivity contribution >= 4 is 11.8 Å². The zero-order valence-corrected chi connectivity index (χ0v) is 13.3. The lowest BCUT2D eigenvalue weighted by atomic mass is 10.1. The number of hydrogen-bond acceptors (Lipinski definition) is 4. The molecule has 1 atom stereocenters. The van der Waals surface area contributed by atoms with Crippen molar-refractivity contribution in [2.45, 2.75) is 38.1 Å². The largest absolute Gasteiger partial charge is 0.381 e. The summed E-state index contributed by atoms with van der Waals surface area (Å²) in [6, 6.07) is 0.702. The summed E-state index contributed by atoms with van der Waals surface area (Å²) in [7, 11) is 0. The Morgan fingerprint density at radius 3 is 2.41 bits per heavy atom. The summed E-state index contributed by atoms with van der Waals surface area (Å²) in [5.74, 6) is -0.470. The van der Waals surface area contributed by atoms with E-state index in [1.54, 1.807) is 4.90 Å². The van der Waals surface area contributed by atoms with Crippen LogP contribution in [0.4, 0.5) is 0 Å². The number of piperazine rings is 1. The fourth-order valence-electron chi connectivity index (χ4n) is 3.76. The first-order valence-corrected chi connectivity index (χ1v) is 8.63. The molecule has 0 aromatic heterocycles. The van der Waals surface area contributed by atoms with Gasteiger partial charge >= 0.3 is 11.8 Å². The number of amides is 2. The maximum absolute atomic E-state index is 12.2. The van der Waals surface area contributed by atoms with E-state index in [2.05, 4.69) is 10.2 Å². The van der Waals surface area contributed by atoms with E-state index in [1.807, 2.05) is 0 Å². The maximum atomic E-state index is 12.2. The van der Waals surface area contributed by atoms with Crippen molar-refractivity contribution in [2.75, 3.05) is 45.9 Å². The van der Waals surface area contributed by atoms with Gasteiger partial charge in [0.15, 0.2) is 0 Å². The molecule has 2 amide bonds. The maximum Gasteiger partial charge on any atom is 0.311 e. The Hall–Kier alpha value is -1.14. The molecule has 3 aliphatic rings. The second kappa shape index (κ2) is 7.42. The van der Waals surface area contributed by atoms with Gasteiger partial charge < -0.3 is 15.0 Å². The zero-order valence-electron chi connectivity index (χ0n) is 13.3. The molecule has 2 aliphatic heterocycles. The second-order valence-corrected chi connectivity index (χ2v) is 6.71. The third-order valence-electron chi connectivity index (χ3n) is 5.21. The lowest BCUT2D eigenvalue weighted by Gasteiger charge is -2.37. The summed E-state index contributed by atoms with van der Waals surface area (Å²) >= 11 is 0. The van der Waals surface area contributed by atoms with Gasteiger partial charge in [0.05, 0.1) is 6.61 Å². The second-order valence-electron chi connectivity index (χ2n) is 6.71. The lowest BCUT2D eigenvalue weighted by Crippen LogP contribution is -2.54. The molecular formula is C16H27N3O3. The number of nitrogens with one attached hydrogen (secondary N) is 1. The number of carbonyl (C=O) groups is 2. The minimum Gasteiger partial charge on any atom is -0.381 e. The van der Waals surface area contributed by atoms with E-state index in [-0.39, 0.29) is 5.91 Å². The van der Waals surface area contributed by atoms with E-state index in [0.29, 0.717) is 38.2 Å². The summed E-state index contributed by atoms with van der Waals surface area (Å²) < 4.78 is 5.27. The molecule has 22 heavy (non-hydrogen) atoms. The van der Waals surface area contributed by atoms with Gasteiger partial charge in [0.1, 0.15) is 0 Å². The summed E-state index contributed by atoms with van der Waals surface area (Å²) in [5, 5.41) is 2.76. The van der Waals surface area contributed by atoms with E-state index < -0.39 is 5.91 Å². The third kappa shape index (κ3) is 3.79. The topological polar surface area (TPSA) is 61.9 Å². The Bertz CT molecular complexity index is 395. The highest BCUT2D eigenvalue weighted by molar-refractivity contribution is 6.35. The van der Waals surface area contributed by atoms with Gasteiger partial charge in [0.2, 0.25) is 0 Å². The number of carbonyl (C=O) groups excluding carboxylic acids is 2. The zero-order chi connectivity index (χ0) is 15.4. The minimum atomic E-state index is -0.457. The number of rotatable bonds is 3. The molecule has 3 rings (SSSR count). The van der Waals surface area contributed by atoms with Crippen LogP contribution in [-0.2, 0) is 14.3 Å². The standard InChI is InChI=1S/C16H27N3O3/c20-15(17-11-13-5-10-22-12-13)16(21)19-8-6-18(7-9-19)14-3-1-2-4-14/h13-14H,1-12H2,(H,17,20)/t13-/m1/s1. The normalized spacial score (nSPS) is 27.3. The Balaban J connectivity index is 1.39. The van der Waals surface area contributed by atoms with E-state index in [1.165, 1.54) is 25.7 Å². The van der Waals surface area contributed by atoms with Crippen molar-refractivity contribution < 1.29 is 14.3 Å². The van der Waals surface area contributed by atoms with Gasteiger partial charge in [-0.05, 0) is 19.3 Å². The lowest BCUT2D eigenvalue weighted by molar-refractivity contribution is -0.147. The first kappa shape index (κ1) is 15.7. The van der Waals surface area contributed by atoms with E-state index >= 15 is 0 Å². The van der Waals surface area contributed by atoms with Crippen molar-refractivity contribution in [3.8, 4) is 0 Å². The predicted molar refractivity (Wildman–Crippen MR) is 82.3 cm³/mol. The molecule has 2 saturated heterocycles. The molecule has 6 nitrogen and oxygen atoms in total. The van der Waals surface area contributed by atoms with Crippen LogP contribution in [0.3, 0.4) is 0 Å². The van der Waals surface area contributed by atoms with Gasteiger partial charge in [-0.1, -0.05) is 12.8 Å². The van der Waals surface area contributed by atoms with Crippen LogP contribution in [0.5, 0.6) is 0 Å². The molecule has 0 radical (unpaired) electrons. The van der Waals surface area contributed by atoms with Crippen LogP contribution >= 0.6 is 0 Å². The Morgan fingerprint density at radius 2 is 1.77 bits per heavy atom. The molecule has 124 valence electrons. The highest BCUT2D eigenvalue weighted by atomic mass is 16.5. The van der Waals surface area contributed by atoms with Gasteiger partial charge in [-0.25, -0.2) is 0 Å². The molecule has 6 heteroatoms. The van der Waals surface area contributed by atoms with Crippen molar-refractivity contribution in [2.24, 2.45) is 5.92 Å². The molecule has 0 spiro atoms. The molecule has 1 N–H and O–H groups in total. The average molecular weight is 309 g/mol. The van der Waals surface area contributed by atoms with Crippen LogP contribution in [0.2, 0.25) is 0 Å². The Kier molecular flexibility index (Phi) is 5.31. The van der Waals surface area contributed by atoms with Crippen molar-refractivity contribution in [3.63, 3.8) is 0 Å². The van der Waals surface area contributed by atoms with Crippen molar-refractivity contribution in [1.29, 1.82) is 0 Å². The Labute approximate surface area is 132 Å². The Morgan fingerprint density at radius 1 is 1.05 bits per heavy atom. The summed E-state index contributed by atoms with van der Waals surface area (Å²) in [6.07, 6.45) is 6.21. The predicted octanol–water partition coefficient (Wildman–Crippen LogP) is 0.226. The quantitative estimate of drug-likeness (QED) is 0.758. The van der Waals surface area contributed by atoms with Crippen LogP contribution in [0.25, 0.3) is 0 Å². The summed E-state index contributed by atoms with van der Waals surface area (Å²) in [6.45, 7) is 5.16. The van der Waals surface area contributed by atoms with Gasteiger partial charge in [0, 0.05) is 51.3 Å². The van der Waals surface area contributed by atoms with E-state index in [4.69, 9.17) is 4.74 Å². The molecule has 0 aromatic rings. The van der Waals surface area contributed by atoms with Crippen LogP contribution in [0.15, 0.2) is 0 Å². The molecule has 0 bridgehead atoms. The monoisotopic (exact) mass is 309 g/mol. The molecule has 0 unspecified atom stereocenters. The molecule has 1 aliphatic carbocycles. The van der Waals surface area contributed by atoms with E-state index in [0.717, 1.165) is 26.1 Å². The first-order chi connectivity index (χ1) is 10.7. The summed E-state index contributed by atoms with van der Waals surface area (Å²) in [5.41, 5.74) is 0. The molecular weight excluding hydrogens is 282 g/mol. The highest BCUT2D eigenvalue weighted by Gasteiger charge is 2.30. The van der Waals surface area contributed by atoms with Crippen LogP contribution < -0.4 is 5.32 Å². The minimum absolute atomic E-state index is 0.357. The molecule has 2 heterocycles. The average Bonchev–Trinajstić information content (AvgIpc) is 3.25. The highest BCUT2D eigenvalue weighted by Crippen LogP contribution is 2.24. The molecule has 0 aromatic carbocycles. The number of nitrogens with zero attached hydrogens (tertiary/aromatic N) is 2. The molecule has 1 saturated carbocycles. The third-order valence-corrected chi connectivity index (χ3v) is 5.21. The first-order valence-electron chi connectivity index (χ1n) is 8.63. The van der Waals surface area contributed by atoms with Crippen LogP contribution in [0, 0.1) is 5.92 Å². The SMILES string of the molecule is O=C(NC[C@H]1CCOC1)C(=O)N1CCN(C2CCCC2)CC1. The summed E-state index contributed by atoms with van der Waals surface area (Å²) in [4.78, 5) is 28.4. The van der Waals surface area contributed by atoms with Crippen LogP contribution in [-0.4, -0.2) is 73.6 Å². The van der Waals surface area contributed by atoms with E-state index in [9.17, 15) is 9.59 Å². The van der Waals surface area contributed by atoms with Crippen molar-refractivity contribution in [1.82, 2.24) is 15.1 Å². The molecule has 3 fully saturated rings. The van der Waals surface area contributed by atoms with Gasteiger partial charge in [0.25, 0.3) is 0 Å². The smallest absolute Gasteiger partial charge is 0.311 e. The number of hydrogen-bond donors (Lipinski definition) is 1. The van der Waals surface area contributed by atoms with Gasteiger partial charge in [-0.15, -0.1) is 0 Å².